The van der Waals surface area contributed by atoms with Crippen LogP contribution in [-0.2, 0) is 39.6 Å². The molecule has 0 saturated heterocycles. The number of aryl methyl sites for hydroxylation is 8. The normalized spacial score (nSPS) is 11.5. The minimum Gasteiger partial charge on any atom is -0.182 e. The van der Waals surface area contributed by atoms with Gasteiger partial charge in [-0.25, -0.2) is 0 Å². The minimum atomic E-state index is -0.105. The van der Waals surface area contributed by atoms with Crippen LogP contribution < -0.4 is 0 Å². The van der Waals surface area contributed by atoms with Crippen molar-refractivity contribution in [2.45, 2.75) is 94.4 Å². The van der Waals surface area contributed by atoms with Gasteiger partial charge in [0.05, 0.1) is 5.69 Å². The molecule has 0 heterocycles. The van der Waals surface area contributed by atoms with Crippen molar-refractivity contribution >= 4 is 27.0 Å². The lowest BCUT2D eigenvalue weighted by atomic mass is 9.79. The van der Waals surface area contributed by atoms with Crippen molar-refractivity contribution in [3.05, 3.63) is 194 Å². The van der Waals surface area contributed by atoms with E-state index in [1.165, 1.54) is 117 Å². The topological polar surface area (TPSA) is 12.4 Å². The van der Waals surface area contributed by atoms with E-state index >= 15 is 0 Å². The maximum absolute atomic E-state index is 5.69. The van der Waals surface area contributed by atoms with Crippen molar-refractivity contribution in [1.29, 1.82) is 0 Å². The summed E-state index contributed by atoms with van der Waals surface area (Å²) in [5, 5.41) is 0. The van der Waals surface area contributed by atoms with E-state index in [9.17, 15) is 0 Å². The van der Waals surface area contributed by atoms with Crippen molar-refractivity contribution < 1.29 is 0 Å². The molecule has 0 saturated carbocycles. The molecule has 0 aliphatic carbocycles. The van der Waals surface area contributed by atoms with Crippen LogP contribution in [0.25, 0.3) is 44.5 Å². The number of nitrogens with zero attached hydrogens (tertiary/aromatic N) is 1. The Morgan fingerprint density at radius 2 is 0.678 bits per heavy atom. The maximum Gasteiger partial charge on any atom is 0.0839 e. The molecule has 0 aliphatic heterocycles. The summed E-state index contributed by atoms with van der Waals surface area (Å²) in [6.07, 6.45) is 1.42. The Bertz CT molecular complexity index is 2400. The Morgan fingerprint density at radius 1 is 0.424 bits per heavy atom. The largest absolute Gasteiger partial charge is 0.182 e. The second-order valence-electron chi connectivity index (χ2n) is 17.6. The molecule has 0 aromatic heterocycles. The first kappa shape index (κ1) is 41.9. The summed E-state index contributed by atoms with van der Waals surface area (Å²) >= 11 is 5.69. The Kier molecular flexibility index (Phi) is 12.2. The van der Waals surface area contributed by atoms with E-state index in [1.807, 2.05) is 0 Å². The fraction of sp³-hybridized carbons (Fsp3) is 0.250. The summed E-state index contributed by atoms with van der Waals surface area (Å²) in [6.45, 7) is 24.9. The van der Waals surface area contributed by atoms with E-state index in [1.54, 1.807) is 0 Å². The highest BCUT2D eigenvalue weighted by Gasteiger charge is 2.25. The Balaban J connectivity index is 1.55. The summed E-state index contributed by atoms with van der Waals surface area (Å²) in [4.78, 5) is 0. The molecule has 3 heteroatoms. The van der Waals surface area contributed by atoms with Gasteiger partial charge in [-0.1, -0.05) is 142 Å². The number of benzene rings is 7. The van der Waals surface area contributed by atoms with Crippen molar-refractivity contribution in [2.75, 3.05) is 0 Å². The smallest absolute Gasteiger partial charge is 0.0839 e. The molecular weight excluding hydrogens is 751 g/mol. The van der Waals surface area contributed by atoms with Crippen LogP contribution >= 0.6 is 0 Å². The molecule has 1 nitrogen and oxygen atoms in total. The summed E-state index contributed by atoms with van der Waals surface area (Å²) in [6, 6.07) is 45.3. The molecule has 0 amide bonds. The second-order valence-corrected chi connectivity index (χ2v) is 18.4. The van der Waals surface area contributed by atoms with Crippen LogP contribution in [-0.4, -0.2) is 0 Å². The molecule has 7 rings (SSSR count). The third-order valence-electron chi connectivity index (χ3n) is 12.4. The van der Waals surface area contributed by atoms with Crippen LogP contribution in [0.15, 0.2) is 126 Å². The van der Waals surface area contributed by atoms with Crippen molar-refractivity contribution in [2.24, 2.45) is 4.36 Å². The van der Waals surface area contributed by atoms with Gasteiger partial charge in [-0.2, -0.15) is 4.36 Å². The molecular formula is C56H57NS2. The molecule has 0 radical (unpaired) electrons. The third-order valence-corrected chi connectivity index (χ3v) is 12.8. The lowest BCUT2D eigenvalue weighted by Crippen LogP contribution is -2.13. The van der Waals surface area contributed by atoms with Crippen molar-refractivity contribution in [3.63, 3.8) is 0 Å². The molecule has 7 aromatic carbocycles. The van der Waals surface area contributed by atoms with Crippen LogP contribution in [0.2, 0.25) is 0 Å². The SMILES string of the molecule is Cc1cccc(C)c1-c1cccc(-c2c(C)cccc2C)c1Cc1cc(C(C)(C)C)cc(Cc2c(-c3c(C)cccc3C)cccc2-c2c(C)cccc2C)c1N=S=S. The van der Waals surface area contributed by atoms with Gasteiger partial charge in [-0.05, 0) is 178 Å². The number of hydrogen-bond acceptors (Lipinski definition) is 2. The van der Waals surface area contributed by atoms with Gasteiger partial charge in [0.2, 0.25) is 0 Å². The second kappa shape index (κ2) is 17.2. The van der Waals surface area contributed by atoms with E-state index < -0.39 is 0 Å². The van der Waals surface area contributed by atoms with Gasteiger partial charge in [0.25, 0.3) is 0 Å². The van der Waals surface area contributed by atoms with Gasteiger partial charge >= 0.3 is 0 Å². The zero-order valence-electron chi connectivity index (χ0n) is 36.7. The summed E-state index contributed by atoms with van der Waals surface area (Å²) in [5.74, 6) is 0. The first-order valence-electron chi connectivity index (χ1n) is 20.9. The van der Waals surface area contributed by atoms with Crippen LogP contribution in [0.1, 0.15) is 93.1 Å². The maximum atomic E-state index is 5.69. The number of rotatable bonds is 9. The van der Waals surface area contributed by atoms with Crippen LogP contribution in [0.5, 0.6) is 0 Å². The molecule has 59 heavy (non-hydrogen) atoms. The van der Waals surface area contributed by atoms with Gasteiger partial charge in [0.15, 0.2) is 0 Å². The minimum absolute atomic E-state index is 0.105. The average molecular weight is 808 g/mol. The summed E-state index contributed by atoms with van der Waals surface area (Å²) in [7, 11) is 1.15. The van der Waals surface area contributed by atoms with E-state index in [0.717, 1.165) is 15.8 Å². The quantitative estimate of drug-likeness (QED) is 0.142. The van der Waals surface area contributed by atoms with Gasteiger partial charge < -0.3 is 0 Å². The van der Waals surface area contributed by atoms with E-state index in [4.69, 9.17) is 15.6 Å². The van der Waals surface area contributed by atoms with E-state index in [-0.39, 0.29) is 5.41 Å². The van der Waals surface area contributed by atoms with E-state index in [0.29, 0.717) is 12.8 Å². The molecule has 0 fully saturated rings. The lowest BCUT2D eigenvalue weighted by Gasteiger charge is -2.26. The molecule has 0 N–H and O–H groups in total. The first-order chi connectivity index (χ1) is 28.2. The molecule has 0 spiro atoms. The van der Waals surface area contributed by atoms with Crippen LogP contribution in [0.3, 0.4) is 0 Å². The standard InChI is InChI=1S/C56H57NS2/c1-34-18-12-19-35(2)51(34)45-26-16-27-46(52-36(3)20-13-21-37(52)4)49(45)32-42-30-44(56(9,10)11)31-43(55(42)57-59-58)33-50-47(53-38(5)22-14-23-39(53)6)28-17-29-48(50)54-40(7)24-15-25-41(54)8/h12-31H,32-33H2,1-11H3. The Hall–Kier alpha value is -5.22. The van der Waals surface area contributed by atoms with Gasteiger partial charge in [0, 0.05) is 34.1 Å². The van der Waals surface area contributed by atoms with Crippen molar-refractivity contribution in [3.8, 4) is 44.5 Å². The molecule has 0 unspecified atom stereocenters. The fourth-order valence-corrected chi connectivity index (χ4v) is 9.98. The fourth-order valence-electron chi connectivity index (χ4n) is 9.45. The lowest BCUT2D eigenvalue weighted by molar-refractivity contribution is 0.589. The van der Waals surface area contributed by atoms with Crippen LogP contribution in [0, 0.1) is 55.4 Å². The van der Waals surface area contributed by atoms with Gasteiger partial charge in [-0.3, -0.25) is 0 Å². The highest BCUT2D eigenvalue weighted by Crippen LogP contribution is 2.45. The zero-order valence-corrected chi connectivity index (χ0v) is 38.4. The predicted octanol–water partition coefficient (Wildman–Crippen LogP) is 15.7. The molecule has 0 atom stereocenters. The molecule has 298 valence electrons. The zero-order chi connectivity index (χ0) is 42.2. The summed E-state index contributed by atoms with van der Waals surface area (Å²) < 4.78 is 5.20. The number of hydrogen-bond donors (Lipinski definition) is 0. The Morgan fingerprint density at radius 3 is 0.915 bits per heavy atom. The first-order valence-corrected chi connectivity index (χ1v) is 22.6. The van der Waals surface area contributed by atoms with Crippen LogP contribution in [0.4, 0.5) is 5.69 Å². The molecule has 0 aliphatic rings. The average Bonchev–Trinajstić information content (AvgIpc) is 3.17. The van der Waals surface area contributed by atoms with Gasteiger partial charge in [0.1, 0.15) is 0 Å². The molecule has 0 bridgehead atoms. The third kappa shape index (κ3) is 8.34. The van der Waals surface area contributed by atoms with Crippen molar-refractivity contribution in [1.82, 2.24) is 0 Å². The monoisotopic (exact) mass is 807 g/mol. The predicted molar refractivity (Wildman–Crippen MR) is 260 cm³/mol. The van der Waals surface area contributed by atoms with E-state index in [2.05, 4.69) is 197 Å². The summed E-state index contributed by atoms with van der Waals surface area (Å²) in [5.41, 5.74) is 27.8. The highest BCUT2D eigenvalue weighted by atomic mass is 32.8. The molecule has 7 aromatic rings. The van der Waals surface area contributed by atoms with Gasteiger partial charge in [-0.15, -0.1) is 0 Å². The highest BCUT2D eigenvalue weighted by molar-refractivity contribution is 8.12. The Labute approximate surface area is 362 Å².